The summed E-state index contributed by atoms with van der Waals surface area (Å²) in [4.78, 5) is 40.2. The third kappa shape index (κ3) is 6.77. The molecule has 0 bridgehead atoms. The zero-order valence-corrected chi connectivity index (χ0v) is 20.4. The van der Waals surface area contributed by atoms with E-state index >= 15 is 0 Å². The first-order valence-corrected chi connectivity index (χ1v) is 11.7. The van der Waals surface area contributed by atoms with Crippen LogP contribution < -0.4 is 15.4 Å². The van der Waals surface area contributed by atoms with Crippen molar-refractivity contribution in [2.24, 2.45) is 5.92 Å². The lowest BCUT2D eigenvalue weighted by Gasteiger charge is -2.36. The number of carbonyl (C=O) groups excluding carboxylic acids is 3. The molecule has 0 unspecified atom stereocenters. The van der Waals surface area contributed by atoms with E-state index in [9.17, 15) is 27.6 Å². The van der Waals surface area contributed by atoms with Crippen molar-refractivity contribution in [3.8, 4) is 5.75 Å². The summed E-state index contributed by atoms with van der Waals surface area (Å²) in [7, 11) is 1.52. The molecule has 194 valence electrons. The van der Waals surface area contributed by atoms with Crippen LogP contribution in [0.5, 0.6) is 5.75 Å². The molecule has 3 rings (SSSR count). The number of halogens is 3. The van der Waals surface area contributed by atoms with Crippen LogP contribution in [0.3, 0.4) is 0 Å². The van der Waals surface area contributed by atoms with Crippen LogP contribution in [-0.4, -0.2) is 54.9 Å². The number of amides is 3. The molecule has 0 saturated carbocycles. The van der Waals surface area contributed by atoms with Gasteiger partial charge in [0.05, 0.1) is 12.7 Å². The van der Waals surface area contributed by atoms with Gasteiger partial charge >= 0.3 is 6.18 Å². The molecule has 0 radical (unpaired) electrons. The third-order valence-electron chi connectivity index (χ3n) is 6.11. The Labute approximate surface area is 208 Å². The standard InChI is InChI=1S/C26H30F3N3O4/c1-16(2)30-24(34)22(31-23(33)18-6-10-21(36-3)11-7-18)17-12-14-32(15-13-17)25(35)19-4-8-20(9-5-19)26(27,28)29/h4-11,16-17,22H,12-15H2,1-3H3,(H,30,34)(H,31,33)/t22-/m1/s1. The largest absolute Gasteiger partial charge is 0.497 e. The maximum Gasteiger partial charge on any atom is 0.416 e. The minimum absolute atomic E-state index is 0.126. The molecule has 1 aliphatic heterocycles. The van der Waals surface area contributed by atoms with Gasteiger partial charge in [-0.1, -0.05) is 0 Å². The van der Waals surface area contributed by atoms with E-state index in [0.717, 1.165) is 12.1 Å². The number of hydrogen-bond acceptors (Lipinski definition) is 4. The molecular formula is C26H30F3N3O4. The fourth-order valence-electron chi connectivity index (χ4n) is 4.16. The molecule has 1 heterocycles. The molecule has 1 saturated heterocycles. The van der Waals surface area contributed by atoms with E-state index < -0.39 is 23.7 Å². The van der Waals surface area contributed by atoms with Crippen LogP contribution in [0.25, 0.3) is 0 Å². The van der Waals surface area contributed by atoms with E-state index in [1.54, 1.807) is 29.2 Å². The van der Waals surface area contributed by atoms with Crippen molar-refractivity contribution < 1.29 is 32.3 Å². The van der Waals surface area contributed by atoms with Crippen molar-refractivity contribution in [3.63, 3.8) is 0 Å². The second-order valence-corrected chi connectivity index (χ2v) is 9.05. The average Bonchev–Trinajstić information content (AvgIpc) is 2.86. The zero-order chi connectivity index (χ0) is 26.5. The van der Waals surface area contributed by atoms with Gasteiger partial charge in [0, 0.05) is 30.3 Å². The van der Waals surface area contributed by atoms with Crippen LogP contribution in [0, 0.1) is 5.92 Å². The van der Waals surface area contributed by atoms with Gasteiger partial charge in [-0.05, 0) is 81.1 Å². The zero-order valence-electron chi connectivity index (χ0n) is 20.4. The highest BCUT2D eigenvalue weighted by molar-refractivity contribution is 5.98. The number of ether oxygens (including phenoxy) is 1. The molecular weight excluding hydrogens is 475 g/mol. The Bertz CT molecular complexity index is 1060. The number of piperidine rings is 1. The summed E-state index contributed by atoms with van der Waals surface area (Å²) in [5.74, 6) is -0.690. The second-order valence-electron chi connectivity index (χ2n) is 9.05. The number of alkyl halides is 3. The molecule has 0 aliphatic carbocycles. The Morgan fingerprint density at radius 3 is 1.97 bits per heavy atom. The first-order valence-electron chi connectivity index (χ1n) is 11.7. The quantitative estimate of drug-likeness (QED) is 0.598. The highest BCUT2D eigenvalue weighted by atomic mass is 19.4. The maximum atomic E-state index is 13.0. The number of methoxy groups -OCH3 is 1. The van der Waals surface area contributed by atoms with E-state index in [-0.39, 0.29) is 29.3 Å². The number of benzene rings is 2. The molecule has 36 heavy (non-hydrogen) atoms. The topological polar surface area (TPSA) is 87.7 Å². The minimum Gasteiger partial charge on any atom is -0.497 e. The molecule has 1 fully saturated rings. The highest BCUT2D eigenvalue weighted by Gasteiger charge is 2.35. The predicted octanol–water partition coefficient (Wildman–Crippen LogP) is 3.89. The Kier molecular flexibility index (Phi) is 8.60. The van der Waals surface area contributed by atoms with E-state index in [0.29, 0.717) is 37.2 Å². The molecule has 7 nitrogen and oxygen atoms in total. The van der Waals surface area contributed by atoms with Gasteiger partial charge in [-0.2, -0.15) is 13.2 Å². The average molecular weight is 506 g/mol. The third-order valence-corrected chi connectivity index (χ3v) is 6.11. The molecule has 1 atom stereocenters. The monoisotopic (exact) mass is 505 g/mol. The van der Waals surface area contributed by atoms with Crippen molar-refractivity contribution in [2.75, 3.05) is 20.2 Å². The van der Waals surface area contributed by atoms with Crippen molar-refractivity contribution in [1.82, 2.24) is 15.5 Å². The molecule has 2 N–H and O–H groups in total. The van der Waals surface area contributed by atoms with Gasteiger partial charge in [-0.3, -0.25) is 14.4 Å². The summed E-state index contributed by atoms with van der Waals surface area (Å²) < 4.78 is 43.5. The fraction of sp³-hybridized carbons (Fsp3) is 0.423. The summed E-state index contributed by atoms with van der Waals surface area (Å²) in [6.45, 7) is 4.28. The van der Waals surface area contributed by atoms with Gasteiger partial charge < -0.3 is 20.3 Å². The Hall–Kier alpha value is -3.56. The number of hydrogen-bond donors (Lipinski definition) is 2. The van der Waals surface area contributed by atoms with Crippen LogP contribution in [-0.2, 0) is 11.0 Å². The van der Waals surface area contributed by atoms with Gasteiger partial charge in [0.15, 0.2) is 0 Å². The molecule has 2 aromatic carbocycles. The number of nitrogens with one attached hydrogen (secondary N) is 2. The highest BCUT2D eigenvalue weighted by Crippen LogP contribution is 2.30. The summed E-state index contributed by atoms with van der Waals surface area (Å²) in [6, 6.07) is 9.73. The van der Waals surface area contributed by atoms with E-state index in [4.69, 9.17) is 4.74 Å². The molecule has 10 heteroatoms. The SMILES string of the molecule is COc1ccc(C(=O)N[C@@H](C(=O)NC(C)C)C2CCN(C(=O)c3ccc(C(F)(F)F)cc3)CC2)cc1. The van der Waals surface area contributed by atoms with Crippen LogP contribution in [0.2, 0.25) is 0 Å². The Balaban J connectivity index is 1.67. The Morgan fingerprint density at radius 1 is 0.917 bits per heavy atom. The lowest BCUT2D eigenvalue weighted by atomic mass is 9.88. The second kappa shape index (κ2) is 11.5. The van der Waals surface area contributed by atoms with E-state index in [1.165, 1.54) is 19.2 Å². The molecule has 2 aromatic rings. The van der Waals surface area contributed by atoms with Gasteiger partial charge in [0.2, 0.25) is 5.91 Å². The van der Waals surface area contributed by atoms with Crippen molar-refractivity contribution >= 4 is 17.7 Å². The summed E-state index contributed by atoms with van der Waals surface area (Å²) >= 11 is 0. The van der Waals surface area contributed by atoms with E-state index in [2.05, 4.69) is 10.6 Å². The number of likely N-dealkylation sites (tertiary alicyclic amines) is 1. The normalized spacial score (nSPS) is 15.4. The van der Waals surface area contributed by atoms with Gasteiger partial charge in [0.1, 0.15) is 11.8 Å². The van der Waals surface area contributed by atoms with Gasteiger partial charge in [0.25, 0.3) is 11.8 Å². The molecule has 3 amide bonds. The lowest BCUT2D eigenvalue weighted by molar-refractivity contribution is -0.137. The van der Waals surface area contributed by atoms with Crippen molar-refractivity contribution in [3.05, 3.63) is 65.2 Å². The fourth-order valence-corrected chi connectivity index (χ4v) is 4.16. The molecule has 1 aliphatic rings. The Morgan fingerprint density at radius 2 is 1.47 bits per heavy atom. The first-order chi connectivity index (χ1) is 17.0. The number of carbonyl (C=O) groups is 3. The van der Waals surface area contributed by atoms with Crippen LogP contribution in [0.4, 0.5) is 13.2 Å². The van der Waals surface area contributed by atoms with Crippen molar-refractivity contribution in [2.45, 2.75) is 44.9 Å². The van der Waals surface area contributed by atoms with Crippen LogP contribution in [0.1, 0.15) is 53.0 Å². The molecule has 0 spiro atoms. The van der Waals surface area contributed by atoms with Gasteiger partial charge in [-0.25, -0.2) is 0 Å². The van der Waals surface area contributed by atoms with Crippen molar-refractivity contribution in [1.29, 1.82) is 0 Å². The van der Waals surface area contributed by atoms with E-state index in [1.807, 2.05) is 13.8 Å². The van der Waals surface area contributed by atoms with Crippen LogP contribution in [0.15, 0.2) is 48.5 Å². The summed E-state index contributed by atoms with van der Waals surface area (Å²) in [5.41, 5.74) is -0.263. The number of rotatable bonds is 7. The molecule has 0 aromatic heterocycles. The van der Waals surface area contributed by atoms with Crippen LogP contribution >= 0.6 is 0 Å². The summed E-state index contributed by atoms with van der Waals surface area (Å²) in [5, 5.41) is 5.69. The smallest absolute Gasteiger partial charge is 0.416 e. The maximum absolute atomic E-state index is 13.0. The number of nitrogens with zero attached hydrogens (tertiary/aromatic N) is 1. The summed E-state index contributed by atoms with van der Waals surface area (Å²) in [6.07, 6.45) is -3.57. The van der Waals surface area contributed by atoms with Gasteiger partial charge in [-0.15, -0.1) is 0 Å². The minimum atomic E-state index is -4.47. The lowest BCUT2D eigenvalue weighted by Crippen LogP contribution is -2.54. The first kappa shape index (κ1) is 27.0. The predicted molar refractivity (Wildman–Crippen MR) is 128 cm³/mol.